The number of aromatic nitrogens is 1. The Kier molecular flexibility index (Phi) is 2.97. The van der Waals surface area contributed by atoms with E-state index >= 15 is 0 Å². The van der Waals surface area contributed by atoms with Crippen molar-refractivity contribution < 1.29 is 14.3 Å². The van der Waals surface area contributed by atoms with Gasteiger partial charge in [0.1, 0.15) is 5.82 Å². The molecular formula is C15H15FN2O2. The van der Waals surface area contributed by atoms with Crippen molar-refractivity contribution in [3.8, 4) is 0 Å². The molecule has 2 aromatic rings. The number of benzene rings is 1. The van der Waals surface area contributed by atoms with Crippen LogP contribution in [0.3, 0.4) is 0 Å². The van der Waals surface area contributed by atoms with E-state index in [1.54, 1.807) is 6.07 Å². The lowest BCUT2D eigenvalue weighted by molar-refractivity contribution is 0.141. The van der Waals surface area contributed by atoms with Gasteiger partial charge in [-0.1, -0.05) is 12.2 Å². The molecule has 1 amide bonds. The van der Waals surface area contributed by atoms with Crippen molar-refractivity contribution in [1.82, 2.24) is 9.88 Å². The SMILES string of the molecule is C=C1C[C@@H](Cc2c[nH]c3cc(F)ccc23)N(C(=O)O)C1. The number of hydrogen-bond donors (Lipinski definition) is 2. The Hall–Kier alpha value is -2.30. The molecule has 4 nitrogen and oxygen atoms in total. The van der Waals surface area contributed by atoms with E-state index in [0.29, 0.717) is 19.4 Å². The Morgan fingerprint density at radius 2 is 2.35 bits per heavy atom. The monoisotopic (exact) mass is 274 g/mol. The molecule has 0 saturated carbocycles. The van der Waals surface area contributed by atoms with Crippen molar-refractivity contribution in [2.75, 3.05) is 6.54 Å². The number of hydrogen-bond acceptors (Lipinski definition) is 1. The van der Waals surface area contributed by atoms with Gasteiger partial charge in [-0.25, -0.2) is 9.18 Å². The number of aromatic amines is 1. The maximum Gasteiger partial charge on any atom is 0.407 e. The van der Waals surface area contributed by atoms with E-state index < -0.39 is 6.09 Å². The zero-order chi connectivity index (χ0) is 14.3. The van der Waals surface area contributed by atoms with E-state index in [1.807, 2.05) is 6.20 Å². The number of nitrogens with one attached hydrogen (secondary N) is 1. The first-order chi connectivity index (χ1) is 9.54. The second kappa shape index (κ2) is 4.67. The van der Waals surface area contributed by atoms with Crippen molar-refractivity contribution in [1.29, 1.82) is 0 Å². The van der Waals surface area contributed by atoms with E-state index in [1.165, 1.54) is 17.0 Å². The van der Waals surface area contributed by atoms with Gasteiger partial charge in [-0.15, -0.1) is 0 Å². The molecule has 5 heteroatoms. The molecule has 1 aliphatic rings. The number of nitrogens with zero attached hydrogens (tertiary/aromatic N) is 1. The summed E-state index contributed by atoms with van der Waals surface area (Å²) in [7, 11) is 0. The Morgan fingerprint density at radius 1 is 1.55 bits per heavy atom. The zero-order valence-corrected chi connectivity index (χ0v) is 10.9. The minimum Gasteiger partial charge on any atom is -0.465 e. The topological polar surface area (TPSA) is 56.3 Å². The summed E-state index contributed by atoms with van der Waals surface area (Å²) in [5.74, 6) is -0.285. The predicted octanol–water partition coefficient (Wildman–Crippen LogP) is 3.16. The summed E-state index contributed by atoms with van der Waals surface area (Å²) in [6.45, 7) is 4.28. The molecule has 2 N–H and O–H groups in total. The third kappa shape index (κ3) is 2.15. The molecule has 104 valence electrons. The fourth-order valence-corrected chi connectivity index (χ4v) is 2.87. The number of amides is 1. The number of halogens is 1. The quantitative estimate of drug-likeness (QED) is 0.826. The molecule has 1 aromatic heterocycles. The maximum atomic E-state index is 13.2. The fourth-order valence-electron chi connectivity index (χ4n) is 2.87. The van der Waals surface area contributed by atoms with Gasteiger partial charge in [-0.2, -0.15) is 0 Å². The fraction of sp³-hybridized carbons (Fsp3) is 0.267. The number of H-pyrrole nitrogens is 1. The Bertz CT molecular complexity index is 692. The highest BCUT2D eigenvalue weighted by Gasteiger charge is 2.31. The molecule has 1 saturated heterocycles. The van der Waals surface area contributed by atoms with Crippen molar-refractivity contribution in [2.45, 2.75) is 18.9 Å². The van der Waals surface area contributed by atoms with Crippen LogP contribution in [0.1, 0.15) is 12.0 Å². The first-order valence-corrected chi connectivity index (χ1v) is 6.46. The average molecular weight is 274 g/mol. The standard InChI is InChI=1S/C15H15FN2O2/c1-9-4-12(18(8-9)15(19)20)5-10-7-17-14-6-11(16)2-3-13(10)14/h2-3,6-7,12,17H,1,4-5,8H2,(H,19,20)/t12-/m0/s1. The lowest BCUT2D eigenvalue weighted by atomic mass is 10.0. The summed E-state index contributed by atoms with van der Waals surface area (Å²) in [6.07, 6.45) is 2.20. The number of carboxylic acid groups (broad SMARTS) is 1. The van der Waals surface area contributed by atoms with Gasteiger partial charge in [-0.3, -0.25) is 0 Å². The highest BCUT2D eigenvalue weighted by molar-refractivity contribution is 5.83. The average Bonchev–Trinajstić information content (AvgIpc) is 2.94. The molecular weight excluding hydrogens is 259 g/mol. The first-order valence-electron chi connectivity index (χ1n) is 6.46. The third-order valence-corrected chi connectivity index (χ3v) is 3.79. The molecule has 1 atom stereocenters. The van der Waals surface area contributed by atoms with Gasteiger partial charge in [0.25, 0.3) is 0 Å². The molecule has 0 spiro atoms. The Morgan fingerprint density at radius 3 is 3.10 bits per heavy atom. The molecule has 1 fully saturated rings. The van der Waals surface area contributed by atoms with Crippen LogP contribution in [0.2, 0.25) is 0 Å². The summed E-state index contributed by atoms with van der Waals surface area (Å²) in [4.78, 5) is 15.7. The second-order valence-electron chi connectivity index (χ2n) is 5.23. The molecule has 0 radical (unpaired) electrons. The van der Waals surface area contributed by atoms with Crippen molar-refractivity contribution in [3.63, 3.8) is 0 Å². The molecule has 0 aliphatic carbocycles. The summed E-state index contributed by atoms with van der Waals surface area (Å²) >= 11 is 0. The number of rotatable bonds is 2. The molecule has 1 aliphatic heterocycles. The van der Waals surface area contributed by atoms with Gasteiger partial charge in [0.15, 0.2) is 0 Å². The summed E-state index contributed by atoms with van der Waals surface area (Å²) in [6, 6.07) is 4.50. The van der Waals surface area contributed by atoms with Gasteiger partial charge < -0.3 is 15.0 Å². The van der Waals surface area contributed by atoms with Crippen LogP contribution in [-0.4, -0.2) is 33.7 Å². The zero-order valence-electron chi connectivity index (χ0n) is 10.9. The van der Waals surface area contributed by atoms with Crippen LogP contribution in [0, 0.1) is 5.82 Å². The second-order valence-corrected chi connectivity index (χ2v) is 5.23. The largest absolute Gasteiger partial charge is 0.465 e. The van der Waals surface area contributed by atoms with Crippen LogP contribution in [0.5, 0.6) is 0 Å². The third-order valence-electron chi connectivity index (χ3n) is 3.79. The summed E-state index contributed by atoms with van der Waals surface area (Å²) in [5, 5.41) is 10.1. The van der Waals surface area contributed by atoms with E-state index in [-0.39, 0.29) is 11.9 Å². The molecule has 0 unspecified atom stereocenters. The van der Waals surface area contributed by atoms with Crippen LogP contribution in [0.25, 0.3) is 10.9 Å². The number of likely N-dealkylation sites (tertiary alicyclic amines) is 1. The van der Waals surface area contributed by atoms with Gasteiger partial charge in [0.2, 0.25) is 0 Å². The van der Waals surface area contributed by atoms with Crippen molar-refractivity contribution in [2.24, 2.45) is 0 Å². The van der Waals surface area contributed by atoms with E-state index in [4.69, 9.17) is 0 Å². The minimum absolute atomic E-state index is 0.0935. The van der Waals surface area contributed by atoms with Gasteiger partial charge in [-0.05, 0) is 36.6 Å². The van der Waals surface area contributed by atoms with Crippen LogP contribution >= 0.6 is 0 Å². The van der Waals surface area contributed by atoms with E-state index in [9.17, 15) is 14.3 Å². The van der Waals surface area contributed by atoms with E-state index in [0.717, 1.165) is 22.0 Å². The molecule has 20 heavy (non-hydrogen) atoms. The highest BCUT2D eigenvalue weighted by Crippen LogP contribution is 2.27. The highest BCUT2D eigenvalue weighted by atomic mass is 19.1. The number of fused-ring (bicyclic) bond motifs is 1. The van der Waals surface area contributed by atoms with Gasteiger partial charge in [0, 0.05) is 29.7 Å². The predicted molar refractivity (Wildman–Crippen MR) is 74.2 cm³/mol. The van der Waals surface area contributed by atoms with Crippen molar-refractivity contribution >= 4 is 17.0 Å². The van der Waals surface area contributed by atoms with E-state index in [2.05, 4.69) is 11.6 Å². The Balaban J connectivity index is 1.89. The van der Waals surface area contributed by atoms with Gasteiger partial charge in [0.05, 0.1) is 0 Å². The molecule has 0 bridgehead atoms. The molecule has 1 aromatic carbocycles. The van der Waals surface area contributed by atoms with Crippen LogP contribution in [0.15, 0.2) is 36.5 Å². The smallest absolute Gasteiger partial charge is 0.407 e. The first kappa shape index (κ1) is 12.7. The Labute approximate surface area is 115 Å². The lowest BCUT2D eigenvalue weighted by Gasteiger charge is -2.20. The van der Waals surface area contributed by atoms with Crippen molar-refractivity contribution in [3.05, 3.63) is 47.9 Å². The van der Waals surface area contributed by atoms with Gasteiger partial charge >= 0.3 is 6.09 Å². The van der Waals surface area contributed by atoms with Crippen LogP contribution in [0.4, 0.5) is 9.18 Å². The molecule has 2 heterocycles. The van der Waals surface area contributed by atoms with Crippen LogP contribution < -0.4 is 0 Å². The minimum atomic E-state index is -0.917. The lowest BCUT2D eigenvalue weighted by Crippen LogP contribution is -2.35. The number of carbonyl (C=O) groups is 1. The summed E-state index contributed by atoms with van der Waals surface area (Å²) < 4.78 is 13.2. The molecule has 3 rings (SSSR count). The van der Waals surface area contributed by atoms with Crippen LogP contribution in [-0.2, 0) is 6.42 Å². The normalized spacial score (nSPS) is 18.9. The maximum absolute atomic E-state index is 13.2. The summed E-state index contributed by atoms with van der Waals surface area (Å²) in [5.41, 5.74) is 2.67.